The van der Waals surface area contributed by atoms with E-state index in [2.05, 4.69) is 65.0 Å². The lowest BCUT2D eigenvalue weighted by molar-refractivity contribution is -0.226. The van der Waals surface area contributed by atoms with Gasteiger partial charge in [0.25, 0.3) is 0 Å². The SMILES string of the molecule is CCCCC/C=C\C/C=C\CCCCCCCC(=O)OCC1=CCC2C(CO)(CCC3(C)C(C)(C)CCCC23C)C(O)C1. The second-order valence-electron chi connectivity index (χ2n) is 15.4. The van der Waals surface area contributed by atoms with Gasteiger partial charge in [0.1, 0.15) is 6.61 Å². The van der Waals surface area contributed by atoms with Crippen LogP contribution < -0.4 is 0 Å². The van der Waals surface area contributed by atoms with Gasteiger partial charge in [-0.2, -0.15) is 0 Å². The third-order valence-electron chi connectivity index (χ3n) is 12.6. The number of rotatable bonds is 17. The van der Waals surface area contributed by atoms with Gasteiger partial charge in [-0.15, -0.1) is 0 Å². The maximum atomic E-state index is 12.5. The maximum Gasteiger partial charge on any atom is 0.306 e. The summed E-state index contributed by atoms with van der Waals surface area (Å²) in [5.41, 5.74) is 1.00. The number of carbonyl (C=O) groups excluding carboxylic acids is 1. The number of unbranched alkanes of at least 4 members (excludes halogenated alkanes) is 8. The molecule has 0 aromatic rings. The minimum absolute atomic E-state index is 0.0265. The molecule has 0 radical (unpaired) electrons. The van der Waals surface area contributed by atoms with Gasteiger partial charge in [0.15, 0.2) is 0 Å². The van der Waals surface area contributed by atoms with Crippen LogP contribution in [0, 0.1) is 27.6 Å². The van der Waals surface area contributed by atoms with Crippen molar-refractivity contribution in [2.45, 2.75) is 163 Å². The summed E-state index contributed by atoms with van der Waals surface area (Å²) >= 11 is 0. The van der Waals surface area contributed by atoms with E-state index in [-0.39, 0.29) is 41.3 Å². The Labute approximate surface area is 264 Å². The van der Waals surface area contributed by atoms with Crippen molar-refractivity contribution in [2.75, 3.05) is 13.2 Å². The van der Waals surface area contributed by atoms with Gasteiger partial charge in [0.05, 0.1) is 12.7 Å². The molecule has 5 unspecified atom stereocenters. The van der Waals surface area contributed by atoms with Gasteiger partial charge in [-0.3, -0.25) is 4.79 Å². The molecule has 0 heterocycles. The van der Waals surface area contributed by atoms with Crippen molar-refractivity contribution in [3.05, 3.63) is 36.0 Å². The second-order valence-corrected chi connectivity index (χ2v) is 15.4. The van der Waals surface area contributed by atoms with E-state index in [1.807, 2.05) is 0 Å². The van der Waals surface area contributed by atoms with E-state index in [1.54, 1.807) is 0 Å². The number of allylic oxidation sites excluding steroid dienone is 5. The summed E-state index contributed by atoms with van der Waals surface area (Å²) in [5, 5.41) is 22.4. The number of aliphatic hydroxyl groups excluding tert-OH is 2. The van der Waals surface area contributed by atoms with Crippen molar-refractivity contribution in [2.24, 2.45) is 27.6 Å². The zero-order valence-corrected chi connectivity index (χ0v) is 28.6. The van der Waals surface area contributed by atoms with Crippen molar-refractivity contribution in [1.82, 2.24) is 0 Å². The Morgan fingerprint density at radius 1 is 0.907 bits per heavy atom. The molecule has 2 saturated carbocycles. The van der Waals surface area contributed by atoms with Crippen LogP contribution in [0.1, 0.15) is 157 Å². The lowest BCUT2D eigenvalue weighted by atomic mass is 9.36. The molecule has 0 aromatic heterocycles. The fraction of sp³-hybridized carbons (Fsp3) is 0.821. The molecule has 43 heavy (non-hydrogen) atoms. The highest BCUT2D eigenvalue weighted by molar-refractivity contribution is 5.69. The third kappa shape index (κ3) is 8.66. The van der Waals surface area contributed by atoms with Gasteiger partial charge < -0.3 is 14.9 Å². The fourth-order valence-electron chi connectivity index (χ4n) is 9.15. The van der Waals surface area contributed by atoms with Crippen LogP contribution in [0.3, 0.4) is 0 Å². The van der Waals surface area contributed by atoms with Crippen LogP contribution in [0.15, 0.2) is 36.0 Å². The van der Waals surface area contributed by atoms with E-state index in [0.29, 0.717) is 12.8 Å². The van der Waals surface area contributed by atoms with Crippen molar-refractivity contribution >= 4 is 5.97 Å². The van der Waals surface area contributed by atoms with Crippen molar-refractivity contribution < 1.29 is 19.7 Å². The number of fused-ring (bicyclic) bond motifs is 3. The van der Waals surface area contributed by atoms with Crippen LogP contribution in [0.5, 0.6) is 0 Å². The van der Waals surface area contributed by atoms with Crippen LogP contribution in [0.25, 0.3) is 0 Å². The number of hydrogen-bond donors (Lipinski definition) is 2. The number of carbonyl (C=O) groups is 1. The smallest absolute Gasteiger partial charge is 0.306 e. The molecule has 5 atom stereocenters. The summed E-state index contributed by atoms with van der Waals surface area (Å²) < 4.78 is 5.71. The van der Waals surface area contributed by atoms with Crippen molar-refractivity contribution in [3.8, 4) is 0 Å². The van der Waals surface area contributed by atoms with Crippen LogP contribution in [-0.2, 0) is 9.53 Å². The van der Waals surface area contributed by atoms with Gasteiger partial charge >= 0.3 is 5.97 Å². The summed E-state index contributed by atoms with van der Waals surface area (Å²) in [5.74, 6) is 0.0901. The molecule has 0 bridgehead atoms. The molecule has 0 amide bonds. The van der Waals surface area contributed by atoms with E-state index < -0.39 is 11.5 Å². The first-order valence-electron chi connectivity index (χ1n) is 18.0. The lowest BCUT2D eigenvalue weighted by Crippen LogP contribution is -2.64. The Kier molecular flexibility index (Phi) is 14.1. The first kappa shape index (κ1) is 36.1. The van der Waals surface area contributed by atoms with Crippen LogP contribution in [-0.4, -0.2) is 35.5 Å². The number of esters is 1. The van der Waals surface area contributed by atoms with Gasteiger partial charge in [-0.1, -0.05) is 104 Å². The second kappa shape index (κ2) is 16.8. The largest absolute Gasteiger partial charge is 0.461 e. The predicted molar refractivity (Wildman–Crippen MR) is 180 cm³/mol. The van der Waals surface area contributed by atoms with E-state index in [0.717, 1.165) is 63.4 Å². The molecule has 0 aromatic carbocycles. The molecule has 246 valence electrons. The highest BCUT2D eigenvalue weighted by Crippen LogP contribution is 2.72. The Morgan fingerprint density at radius 3 is 2.28 bits per heavy atom. The van der Waals surface area contributed by atoms with Crippen LogP contribution >= 0.6 is 0 Å². The standard InChI is InChI=1S/C39H66O4/c1-6-7-8-9-10-11-12-13-14-15-16-17-18-19-20-22-35(42)43-30-32-23-24-33-37(4)26-21-25-36(2,3)38(37,5)27-28-39(33,31-40)34(41)29-32/h10-11,13-14,23,33-34,40-41H,6-9,12,15-22,24-31H2,1-5H3/b11-10-,14-13-. The first-order chi connectivity index (χ1) is 20.6. The molecule has 3 aliphatic rings. The maximum absolute atomic E-state index is 12.5. The average Bonchev–Trinajstić information content (AvgIpc) is 3.12. The summed E-state index contributed by atoms with van der Waals surface area (Å²) in [6.07, 6.45) is 31.0. The minimum Gasteiger partial charge on any atom is -0.461 e. The normalized spacial score (nSPS) is 32.3. The summed E-state index contributed by atoms with van der Waals surface area (Å²) in [6, 6.07) is 0. The Bertz CT molecular complexity index is 947. The predicted octanol–water partition coefficient (Wildman–Crippen LogP) is 10.0. The lowest BCUT2D eigenvalue weighted by Gasteiger charge is -2.69. The molecular weight excluding hydrogens is 532 g/mol. The highest BCUT2D eigenvalue weighted by Gasteiger charge is 2.66. The van der Waals surface area contributed by atoms with Gasteiger partial charge in [-0.05, 0) is 105 Å². The summed E-state index contributed by atoms with van der Waals surface area (Å²) in [4.78, 5) is 12.5. The third-order valence-corrected chi connectivity index (χ3v) is 12.6. The minimum atomic E-state index is -0.608. The van der Waals surface area contributed by atoms with Crippen LogP contribution in [0.4, 0.5) is 0 Å². The topological polar surface area (TPSA) is 66.8 Å². The average molecular weight is 599 g/mol. The molecule has 2 N–H and O–H groups in total. The summed E-state index contributed by atoms with van der Waals surface area (Å²) in [6.45, 7) is 12.3. The van der Waals surface area contributed by atoms with Crippen molar-refractivity contribution in [1.29, 1.82) is 0 Å². The van der Waals surface area contributed by atoms with E-state index in [9.17, 15) is 15.0 Å². The molecule has 4 heteroatoms. The first-order valence-corrected chi connectivity index (χ1v) is 18.0. The Hall–Kier alpha value is -1.39. The fourth-order valence-corrected chi connectivity index (χ4v) is 9.15. The van der Waals surface area contributed by atoms with E-state index >= 15 is 0 Å². The molecule has 3 aliphatic carbocycles. The van der Waals surface area contributed by atoms with Gasteiger partial charge in [0, 0.05) is 11.8 Å². The monoisotopic (exact) mass is 598 g/mol. The molecular formula is C39H66O4. The van der Waals surface area contributed by atoms with Gasteiger partial charge in [0.2, 0.25) is 0 Å². The molecule has 2 fully saturated rings. The van der Waals surface area contributed by atoms with Gasteiger partial charge in [-0.25, -0.2) is 0 Å². The Morgan fingerprint density at radius 2 is 1.58 bits per heavy atom. The van der Waals surface area contributed by atoms with E-state index in [4.69, 9.17) is 4.74 Å². The molecule has 0 saturated heterocycles. The number of hydrogen-bond acceptors (Lipinski definition) is 4. The molecule has 0 aliphatic heterocycles. The zero-order chi connectivity index (χ0) is 31.4. The van der Waals surface area contributed by atoms with E-state index in [1.165, 1.54) is 51.4 Å². The highest BCUT2D eigenvalue weighted by atomic mass is 16.5. The number of aliphatic hydroxyl groups is 2. The quantitative estimate of drug-likeness (QED) is 0.0993. The molecule has 0 spiro atoms. The Balaban J connectivity index is 1.37. The van der Waals surface area contributed by atoms with Crippen LogP contribution in [0.2, 0.25) is 0 Å². The zero-order valence-electron chi connectivity index (χ0n) is 28.6. The van der Waals surface area contributed by atoms with Crippen molar-refractivity contribution in [3.63, 3.8) is 0 Å². The summed E-state index contributed by atoms with van der Waals surface area (Å²) in [7, 11) is 0. The number of ether oxygens (including phenoxy) is 1. The molecule has 4 nitrogen and oxygen atoms in total. The molecule has 3 rings (SSSR count).